The topological polar surface area (TPSA) is 69.0 Å². The van der Waals surface area contributed by atoms with Crippen LogP contribution in [0.1, 0.15) is 35.7 Å². The second kappa shape index (κ2) is 8.55. The molecule has 0 spiro atoms. The maximum Gasteiger partial charge on any atom is 0.159 e. The van der Waals surface area contributed by atoms with Crippen molar-refractivity contribution in [2.45, 2.75) is 32.7 Å². The van der Waals surface area contributed by atoms with Crippen molar-refractivity contribution in [1.29, 1.82) is 0 Å². The van der Waals surface area contributed by atoms with Crippen molar-refractivity contribution in [3.8, 4) is 16.8 Å². The molecule has 4 aromatic rings. The third-order valence-electron chi connectivity index (χ3n) is 6.03. The molecule has 1 N–H and O–H groups in total. The third kappa shape index (κ3) is 3.89. The third-order valence-corrected chi connectivity index (χ3v) is 6.03. The van der Waals surface area contributed by atoms with Crippen LogP contribution in [-0.4, -0.2) is 39.6 Å². The van der Waals surface area contributed by atoms with Gasteiger partial charge < -0.3 is 14.6 Å². The van der Waals surface area contributed by atoms with Gasteiger partial charge >= 0.3 is 0 Å². The minimum Gasteiger partial charge on any atom is -0.381 e. The predicted octanol–water partition coefficient (Wildman–Crippen LogP) is 5.19. The number of aromatic nitrogens is 3. The Morgan fingerprint density at radius 2 is 1.88 bits per heavy atom. The molecule has 0 radical (unpaired) electrons. The predicted molar refractivity (Wildman–Crippen MR) is 127 cm³/mol. The number of nitrogens with zero attached hydrogens (tertiary/aromatic N) is 3. The van der Waals surface area contributed by atoms with E-state index in [4.69, 9.17) is 4.74 Å². The van der Waals surface area contributed by atoms with E-state index in [2.05, 4.69) is 57.2 Å². The summed E-state index contributed by atoms with van der Waals surface area (Å²) in [6.45, 7) is 5.19. The molecule has 6 nitrogen and oxygen atoms in total. The van der Waals surface area contributed by atoms with Gasteiger partial charge in [-0.25, -0.2) is 9.97 Å². The zero-order valence-corrected chi connectivity index (χ0v) is 18.3. The van der Waals surface area contributed by atoms with Gasteiger partial charge in [-0.1, -0.05) is 36.4 Å². The van der Waals surface area contributed by atoms with E-state index >= 15 is 0 Å². The van der Waals surface area contributed by atoms with E-state index in [9.17, 15) is 4.79 Å². The van der Waals surface area contributed by atoms with E-state index in [1.165, 1.54) is 5.56 Å². The highest BCUT2D eigenvalue weighted by Crippen LogP contribution is 2.36. The second-order valence-corrected chi connectivity index (χ2v) is 8.34. The van der Waals surface area contributed by atoms with Crippen LogP contribution in [0, 0.1) is 6.92 Å². The Balaban J connectivity index is 1.68. The molecule has 1 aliphatic heterocycles. The second-order valence-electron chi connectivity index (χ2n) is 8.34. The summed E-state index contributed by atoms with van der Waals surface area (Å²) in [6.07, 6.45) is 5.64. The van der Waals surface area contributed by atoms with Crippen molar-refractivity contribution in [3.63, 3.8) is 0 Å². The van der Waals surface area contributed by atoms with Crippen LogP contribution in [0.3, 0.4) is 0 Å². The number of hydrogen-bond donors (Lipinski definition) is 1. The van der Waals surface area contributed by atoms with E-state index in [1.54, 1.807) is 13.3 Å². The molecule has 2 aromatic heterocycles. The monoisotopic (exact) mass is 426 g/mol. The van der Waals surface area contributed by atoms with Gasteiger partial charge in [-0.2, -0.15) is 0 Å². The highest BCUT2D eigenvalue weighted by atomic mass is 16.5. The molecule has 5 rings (SSSR count). The number of rotatable bonds is 5. The molecule has 32 heavy (non-hydrogen) atoms. The molecule has 162 valence electrons. The van der Waals surface area contributed by atoms with Crippen LogP contribution in [-0.2, 0) is 4.74 Å². The lowest BCUT2D eigenvalue weighted by Gasteiger charge is -2.24. The minimum absolute atomic E-state index is 0.0592. The number of hydrogen-bond acceptors (Lipinski definition) is 5. The first-order valence-corrected chi connectivity index (χ1v) is 11.0. The van der Waals surface area contributed by atoms with Gasteiger partial charge in [-0.05, 0) is 49.9 Å². The van der Waals surface area contributed by atoms with Crippen molar-refractivity contribution in [2.75, 3.05) is 18.5 Å². The van der Waals surface area contributed by atoms with Crippen LogP contribution in [0.4, 0.5) is 5.82 Å². The standard InChI is InChI=1S/C26H26N4O2/c1-17-4-3-5-22(14-17)30-15-23(20-8-6-19(7-9-20)18(2)31)24-25(27-16-28-26(24)30)29-21-10-12-32-13-11-21/h3-9,14-16,21H,10-13H2,1-2H3,(H,27,28,29). The lowest BCUT2D eigenvalue weighted by Crippen LogP contribution is -2.28. The van der Waals surface area contributed by atoms with Gasteiger partial charge in [0.05, 0.1) is 5.39 Å². The number of aryl methyl sites for hydroxylation is 1. The summed E-state index contributed by atoms with van der Waals surface area (Å²) >= 11 is 0. The fourth-order valence-corrected chi connectivity index (χ4v) is 4.28. The molecule has 2 aromatic carbocycles. The first kappa shape index (κ1) is 20.4. The Morgan fingerprint density at radius 1 is 1.09 bits per heavy atom. The zero-order chi connectivity index (χ0) is 22.1. The van der Waals surface area contributed by atoms with Gasteiger partial charge in [0.25, 0.3) is 0 Å². The smallest absolute Gasteiger partial charge is 0.159 e. The number of carbonyl (C=O) groups excluding carboxylic acids is 1. The lowest BCUT2D eigenvalue weighted by atomic mass is 10.0. The molecule has 6 heteroatoms. The lowest BCUT2D eigenvalue weighted by molar-refractivity contribution is 0.0904. The Morgan fingerprint density at radius 3 is 2.59 bits per heavy atom. The molecule has 0 unspecified atom stereocenters. The first-order chi connectivity index (χ1) is 15.6. The molecule has 0 amide bonds. The Kier molecular flexibility index (Phi) is 5.45. The van der Waals surface area contributed by atoms with Crippen molar-refractivity contribution in [3.05, 3.63) is 72.2 Å². The average Bonchev–Trinajstić information content (AvgIpc) is 3.21. The van der Waals surface area contributed by atoms with Crippen LogP contribution < -0.4 is 5.32 Å². The van der Waals surface area contributed by atoms with Gasteiger partial charge in [0.2, 0.25) is 0 Å². The van der Waals surface area contributed by atoms with E-state index in [0.717, 1.165) is 59.7 Å². The summed E-state index contributed by atoms with van der Waals surface area (Å²) < 4.78 is 7.64. The molecular weight excluding hydrogens is 400 g/mol. The van der Waals surface area contributed by atoms with Crippen LogP contribution >= 0.6 is 0 Å². The summed E-state index contributed by atoms with van der Waals surface area (Å²) in [5.41, 5.74) is 5.85. The number of ketones is 1. The zero-order valence-electron chi connectivity index (χ0n) is 18.3. The van der Waals surface area contributed by atoms with Crippen LogP contribution in [0.15, 0.2) is 61.1 Å². The highest BCUT2D eigenvalue weighted by Gasteiger charge is 2.21. The summed E-state index contributed by atoms with van der Waals surface area (Å²) in [4.78, 5) is 21.1. The van der Waals surface area contributed by atoms with Crippen LogP contribution in [0.25, 0.3) is 27.8 Å². The Bertz CT molecular complexity index is 1270. The van der Waals surface area contributed by atoms with Gasteiger partial charge in [-0.3, -0.25) is 4.79 Å². The molecule has 3 heterocycles. The molecule has 1 saturated heterocycles. The van der Waals surface area contributed by atoms with Gasteiger partial charge in [-0.15, -0.1) is 0 Å². The fourth-order valence-electron chi connectivity index (χ4n) is 4.28. The van der Waals surface area contributed by atoms with Crippen LogP contribution in [0.5, 0.6) is 0 Å². The molecule has 0 aliphatic carbocycles. The SMILES string of the molecule is CC(=O)c1ccc(-c2cn(-c3cccc(C)c3)c3ncnc(NC4CCOCC4)c23)cc1. The van der Waals surface area contributed by atoms with Crippen molar-refractivity contribution < 1.29 is 9.53 Å². The van der Waals surface area contributed by atoms with Crippen molar-refractivity contribution in [1.82, 2.24) is 14.5 Å². The minimum atomic E-state index is 0.0592. The maximum atomic E-state index is 11.8. The number of carbonyl (C=O) groups is 1. The quantitative estimate of drug-likeness (QED) is 0.445. The fraction of sp³-hybridized carbons (Fsp3) is 0.269. The number of nitrogens with one attached hydrogen (secondary N) is 1. The van der Waals surface area contributed by atoms with Crippen molar-refractivity contribution >= 4 is 22.6 Å². The number of benzene rings is 2. The van der Waals surface area contributed by atoms with E-state index in [1.807, 2.05) is 24.3 Å². The number of ether oxygens (including phenoxy) is 1. The summed E-state index contributed by atoms with van der Waals surface area (Å²) in [5, 5.41) is 4.62. The Hall–Kier alpha value is -3.51. The number of fused-ring (bicyclic) bond motifs is 1. The Labute approximate surface area is 187 Å². The number of anilines is 1. The first-order valence-electron chi connectivity index (χ1n) is 11.0. The average molecular weight is 427 g/mol. The van der Waals surface area contributed by atoms with Crippen molar-refractivity contribution in [2.24, 2.45) is 0 Å². The molecule has 1 fully saturated rings. The van der Waals surface area contributed by atoms with Gasteiger partial charge in [0.15, 0.2) is 11.4 Å². The highest BCUT2D eigenvalue weighted by molar-refractivity contribution is 6.02. The molecule has 0 atom stereocenters. The number of Topliss-reactive ketones (excluding diaryl/α,β-unsaturated/α-hetero) is 1. The maximum absolute atomic E-state index is 11.8. The normalized spacial score (nSPS) is 14.6. The molecule has 0 bridgehead atoms. The summed E-state index contributed by atoms with van der Waals surface area (Å²) in [7, 11) is 0. The van der Waals surface area contributed by atoms with E-state index in [-0.39, 0.29) is 5.78 Å². The van der Waals surface area contributed by atoms with Crippen LogP contribution in [0.2, 0.25) is 0 Å². The molecule has 0 saturated carbocycles. The van der Waals surface area contributed by atoms with Gasteiger partial charge in [0.1, 0.15) is 12.1 Å². The van der Waals surface area contributed by atoms with E-state index in [0.29, 0.717) is 11.6 Å². The molecular formula is C26H26N4O2. The van der Waals surface area contributed by atoms with Gasteiger partial charge in [0, 0.05) is 42.3 Å². The summed E-state index contributed by atoms with van der Waals surface area (Å²) in [6, 6.07) is 16.4. The summed E-state index contributed by atoms with van der Waals surface area (Å²) in [5.74, 6) is 0.892. The largest absolute Gasteiger partial charge is 0.381 e. The van der Waals surface area contributed by atoms with E-state index < -0.39 is 0 Å². The molecule has 1 aliphatic rings.